The summed E-state index contributed by atoms with van der Waals surface area (Å²) in [4.78, 5) is 26.7. The molecule has 1 heterocycles. The molecule has 0 aromatic heterocycles. The number of likely N-dealkylation sites (tertiary alicyclic amines) is 1. The Bertz CT molecular complexity index is 961. The second-order valence-corrected chi connectivity index (χ2v) is 9.84. The van der Waals surface area contributed by atoms with E-state index in [0.29, 0.717) is 42.5 Å². The van der Waals surface area contributed by atoms with Crippen LogP contribution < -0.4 is 14.8 Å². The Morgan fingerprint density at radius 2 is 1.76 bits per heavy atom. The van der Waals surface area contributed by atoms with Crippen molar-refractivity contribution in [2.45, 2.75) is 63.7 Å². The van der Waals surface area contributed by atoms with Crippen LogP contribution in [0.2, 0.25) is 5.02 Å². The zero-order valence-electron chi connectivity index (χ0n) is 21.4. The van der Waals surface area contributed by atoms with Gasteiger partial charge in [-0.25, -0.2) is 4.39 Å². The van der Waals surface area contributed by atoms with Gasteiger partial charge in [0.1, 0.15) is 23.7 Å². The molecule has 9 heteroatoms. The Labute approximate surface area is 223 Å². The van der Waals surface area contributed by atoms with E-state index in [9.17, 15) is 14.1 Å². The number of carbonyl (C=O) groups is 1. The van der Waals surface area contributed by atoms with E-state index >= 15 is 0 Å². The van der Waals surface area contributed by atoms with Crippen LogP contribution in [0.25, 0.3) is 0 Å². The van der Waals surface area contributed by atoms with Crippen LogP contribution in [-0.4, -0.2) is 55.9 Å². The van der Waals surface area contributed by atoms with Crippen molar-refractivity contribution in [3.8, 4) is 11.5 Å². The third-order valence-corrected chi connectivity index (χ3v) is 6.66. The van der Waals surface area contributed by atoms with Gasteiger partial charge in [-0.15, -0.1) is 0 Å². The minimum absolute atomic E-state index is 0.0985. The maximum absolute atomic E-state index is 13.8. The highest BCUT2D eigenvalue weighted by Crippen LogP contribution is 2.26. The van der Waals surface area contributed by atoms with Gasteiger partial charge < -0.3 is 14.8 Å². The summed E-state index contributed by atoms with van der Waals surface area (Å²) < 4.78 is 25.2. The number of ether oxygens (including phenoxy) is 2. The number of nitrogens with one attached hydrogen (secondary N) is 1. The number of hydrogen-bond donors (Lipinski definition) is 1. The number of nitrogens with zero attached hydrogens (tertiary/aromatic N) is 2. The molecule has 3 atom stereocenters. The molecule has 37 heavy (non-hydrogen) atoms. The van der Waals surface area contributed by atoms with E-state index in [1.54, 1.807) is 36.4 Å². The standard InChI is InChI=1S/C28H37ClFN3O4/c1-2-3-4-5-17-36-24-10-6-21(7-11-24)28(32-35)26(20-33-16-14-23(30)19-33)31-27(34)15-18-37-25-12-8-22(29)9-13-25/h6-13,23,26,28H,2-5,14-20H2,1H3,(H,31,34)/t23?,26-,28-/m1/s1. The quantitative estimate of drug-likeness (QED) is 0.208. The van der Waals surface area contributed by atoms with E-state index in [1.165, 1.54) is 12.8 Å². The van der Waals surface area contributed by atoms with Gasteiger partial charge in [-0.2, -0.15) is 4.91 Å². The average Bonchev–Trinajstić information content (AvgIpc) is 3.30. The van der Waals surface area contributed by atoms with Crippen LogP contribution in [0.15, 0.2) is 53.7 Å². The van der Waals surface area contributed by atoms with Gasteiger partial charge in [-0.05, 0) is 54.8 Å². The van der Waals surface area contributed by atoms with Crippen LogP contribution >= 0.6 is 11.6 Å². The molecule has 0 radical (unpaired) electrons. The zero-order valence-corrected chi connectivity index (χ0v) is 22.2. The molecule has 3 rings (SSSR count). The highest BCUT2D eigenvalue weighted by atomic mass is 35.5. The number of alkyl halides is 1. The summed E-state index contributed by atoms with van der Waals surface area (Å²) in [5.41, 5.74) is 0.673. The van der Waals surface area contributed by atoms with Gasteiger partial charge in [0.05, 0.1) is 25.7 Å². The lowest BCUT2D eigenvalue weighted by atomic mass is 9.99. The fourth-order valence-corrected chi connectivity index (χ4v) is 4.50. The lowest BCUT2D eigenvalue weighted by Crippen LogP contribution is -2.46. The summed E-state index contributed by atoms with van der Waals surface area (Å²) in [5, 5.41) is 6.91. The minimum Gasteiger partial charge on any atom is -0.494 e. The molecular weight excluding hydrogens is 497 g/mol. The van der Waals surface area contributed by atoms with Crippen LogP contribution in [0.3, 0.4) is 0 Å². The molecule has 2 aromatic rings. The topological polar surface area (TPSA) is 80.2 Å². The van der Waals surface area contributed by atoms with Crippen molar-refractivity contribution in [3.63, 3.8) is 0 Å². The molecule has 202 valence electrons. The van der Waals surface area contributed by atoms with Crippen molar-refractivity contribution < 1.29 is 18.7 Å². The molecule has 1 unspecified atom stereocenters. The first-order valence-electron chi connectivity index (χ1n) is 13.1. The molecule has 1 aliphatic heterocycles. The number of hydrogen-bond acceptors (Lipinski definition) is 6. The van der Waals surface area contributed by atoms with E-state index < -0.39 is 18.3 Å². The smallest absolute Gasteiger partial charge is 0.223 e. The van der Waals surface area contributed by atoms with Crippen molar-refractivity contribution >= 4 is 17.5 Å². The van der Waals surface area contributed by atoms with Gasteiger partial charge in [0.25, 0.3) is 0 Å². The molecule has 7 nitrogen and oxygen atoms in total. The first-order chi connectivity index (χ1) is 18.0. The molecule has 1 aliphatic rings. The summed E-state index contributed by atoms with van der Waals surface area (Å²) in [6.45, 7) is 4.16. The van der Waals surface area contributed by atoms with E-state index in [4.69, 9.17) is 21.1 Å². The summed E-state index contributed by atoms with van der Waals surface area (Å²) in [5.74, 6) is 1.07. The summed E-state index contributed by atoms with van der Waals surface area (Å²) in [7, 11) is 0. The molecule has 1 saturated heterocycles. The van der Waals surface area contributed by atoms with Crippen LogP contribution in [0.5, 0.6) is 11.5 Å². The van der Waals surface area contributed by atoms with Crippen LogP contribution in [-0.2, 0) is 4.79 Å². The first-order valence-corrected chi connectivity index (χ1v) is 13.5. The molecule has 2 aromatic carbocycles. The van der Waals surface area contributed by atoms with Gasteiger partial charge in [0.2, 0.25) is 5.91 Å². The molecule has 0 aliphatic carbocycles. The fraction of sp³-hybridized carbons (Fsp3) is 0.536. The van der Waals surface area contributed by atoms with Crippen molar-refractivity contribution in [3.05, 3.63) is 64.0 Å². The third-order valence-electron chi connectivity index (χ3n) is 6.41. The van der Waals surface area contributed by atoms with Crippen molar-refractivity contribution in [1.29, 1.82) is 0 Å². The minimum atomic E-state index is -0.902. The van der Waals surface area contributed by atoms with Gasteiger partial charge >= 0.3 is 0 Å². The number of nitroso groups, excluding NO2 is 1. The third kappa shape index (κ3) is 9.93. The van der Waals surface area contributed by atoms with Gasteiger partial charge in [0, 0.05) is 24.7 Å². The van der Waals surface area contributed by atoms with Crippen LogP contribution in [0.1, 0.15) is 57.1 Å². The second-order valence-electron chi connectivity index (χ2n) is 9.40. The number of benzene rings is 2. The molecule has 1 amide bonds. The van der Waals surface area contributed by atoms with Crippen molar-refractivity contribution in [1.82, 2.24) is 10.2 Å². The van der Waals surface area contributed by atoms with Crippen LogP contribution in [0.4, 0.5) is 4.39 Å². The predicted octanol–water partition coefficient (Wildman–Crippen LogP) is 6.10. The monoisotopic (exact) mass is 533 g/mol. The summed E-state index contributed by atoms with van der Waals surface area (Å²) >= 11 is 5.89. The fourth-order valence-electron chi connectivity index (χ4n) is 4.37. The lowest BCUT2D eigenvalue weighted by molar-refractivity contribution is -0.122. The molecule has 0 saturated carbocycles. The number of unbranched alkanes of at least 4 members (excludes halogenated alkanes) is 3. The van der Waals surface area contributed by atoms with Crippen LogP contribution in [0, 0.1) is 4.91 Å². The Morgan fingerprint density at radius 3 is 2.38 bits per heavy atom. The Hall–Kier alpha value is -2.71. The maximum atomic E-state index is 13.8. The average molecular weight is 534 g/mol. The molecule has 1 N–H and O–H groups in total. The number of rotatable bonds is 16. The first kappa shape index (κ1) is 28.9. The van der Waals surface area contributed by atoms with E-state index in [1.807, 2.05) is 17.0 Å². The zero-order chi connectivity index (χ0) is 26.5. The second kappa shape index (κ2) is 15.5. The number of amides is 1. The normalized spacial score (nSPS) is 17.2. The van der Waals surface area contributed by atoms with E-state index in [2.05, 4.69) is 17.4 Å². The Morgan fingerprint density at radius 1 is 1.08 bits per heavy atom. The summed E-state index contributed by atoms with van der Waals surface area (Å²) in [6, 6.07) is 12.7. The van der Waals surface area contributed by atoms with Crippen molar-refractivity contribution in [2.75, 3.05) is 32.8 Å². The SMILES string of the molecule is CCCCCCOc1ccc([C@@H](N=O)[C@@H](CN2CCC(F)C2)NC(=O)CCOc2ccc(Cl)cc2)cc1. The summed E-state index contributed by atoms with van der Waals surface area (Å²) in [6.07, 6.45) is 4.13. The molecule has 1 fully saturated rings. The molecule has 0 spiro atoms. The maximum Gasteiger partial charge on any atom is 0.223 e. The molecule has 0 bridgehead atoms. The van der Waals surface area contributed by atoms with E-state index in [-0.39, 0.29) is 25.5 Å². The van der Waals surface area contributed by atoms with Gasteiger partial charge in [0.15, 0.2) is 0 Å². The predicted molar refractivity (Wildman–Crippen MR) is 144 cm³/mol. The molecular formula is C28H37ClFN3O4. The van der Waals surface area contributed by atoms with Gasteiger partial charge in [-0.3, -0.25) is 9.69 Å². The highest BCUT2D eigenvalue weighted by molar-refractivity contribution is 6.30. The van der Waals surface area contributed by atoms with Crippen molar-refractivity contribution in [2.24, 2.45) is 5.18 Å². The van der Waals surface area contributed by atoms with Gasteiger partial charge in [-0.1, -0.05) is 55.1 Å². The Balaban J connectivity index is 1.60. The van der Waals surface area contributed by atoms with E-state index in [0.717, 1.165) is 18.6 Å². The largest absolute Gasteiger partial charge is 0.494 e. The Kier molecular flexibility index (Phi) is 12.1. The lowest BCUT2D eigenvalue weighted by Gasteiger charge is -2.28. The highest BCUT2D eigenvalue weighted by Gasteiger charge is 2.31. The number of halogens is 2. The number of carbonyl (C=O) groups excluding carboxylic acids is 1.